The summed E-state index contributed by atoms with van der Waals surface area (Å²) in [5, 5.41) is 2.75. The Balaban J connectivity index is 1.99. The molecule has 2 amide bonds. The van der Waals surface area contributed by atoms with Crippen LogP contribution < -0.4 is 10.1 Å². The van der Waals surface area contributed by atoms with Crippen LogP contribution >= 0.6 is 0 Å². The molecule has 1 aliphatic rings. The Hall–Kier alpha value is -2.06. The maximum atomic E-state index is 12.6. The van der Waals surface area contributed by atoms with Crippen LogP contribution in [0.3, 0.4) is 0 Å². The standard InChI is InChI=1S/C18H27N3O4S/c1-20(2)11-12-21(16-9-13-26(23,24)14-16)18(22)19-10-8-15-4-6-17(25-3)7-5-15/h4-8,10,16H,9,11-14H2,1-3H3,(H,19,22)/b10-8+. The molecule has 0 bridgehead atoms. The molecule has 1 atom stereocenters. The number of likely N-dealkylation sites (N-methyl/N-ethyl adjacent to an activating group) is 1. The predicted octanol–water partition coefficient (Wildman–Crippen LogP) is 1.43. The molecule has 0 radical (unpaired) electrons. The van der Waals surface area contributed by atoms with Crippen LogP contribution in [0.4, 0.5) is 4.79 Å². The summed E-state index contributed by atoms with van der Waals surface area (Å²) in [6.45, 7) is 1.15. The minimum absolute atomic E-state index is 0.0377. The quantitative estimate of drug-likeness (QED) is 0.773. The first kappa shape index (κ1) is 20.3. The van der Waals surface area contributed by atoms with Crippen molar-refractivity contribution in [3.63, 3.8) is 0 Å². The van der Waals surface area contributed by atoms with Crippen LogP contribution in [-0.4, -0.2) is 76.1 Å². The Bertz CT molecular complexity index is 729. The number of hydrogen-bond acceptors (Lipinski definition) is 5. The summed E-state index contributed by atoms with van der Waals surface area (Å²) in [5.74, 6) is 0.949. The monoisotopic (exact) mass is 381 g/mol. The molecule has 144 valence electrons. The van der Waals surface area contributed by atoms with Gasteiger partial charge < -0.3 is 19.9 Å². The minimum atomic E-state index is -3.05. The highest BCUT2D eigenvalue weighted by Crippen LogP contribution is 2.18. The van der Waals surface area contributed by atoms with Crippen LogP contribution in [0.25, 0.3) is 6.08 Å². The summed E-state index contributed by atoms with van der Waals surface area (Å²) >= 11 is 0. The molecule has 1 aliphatic heterocycles. The number of hydrogen-bond donors (Lipinski definition) is 1. The lowest BCUT2D eigenvalue weighted by atomic mass is 10.2. The molecule has 2 rings (SSSR count). The Morgan fingerprint density at radius 1 is 1.27 bits per heavy atom. The van der Waals surface area contributed by atoms with Gasteiger partial charge in [-0.2, -0.15) is 0 Å². The van der Waals surface area contributed by atoms with Gasteiger partial charge in [-0.25, -0.2) is 13.2 Å². The zero-order chi connectivity index (χ0) is 19.2. The lowest BCUT2D eigenvalue weighted by molar-refractivity contribution is 0.176. The molecule has 1 heterocycles. The smallest absolute Gasteiger partial charge is 0.321 e. The third kappa shape index (κ3) is 6.03. The normalized spacial score (nSPS) is 19.0. The fourth-order valence-corrected chi connectivity index (χ4v) is 4.52. The number of nitrogens with zero attached hydrogens (tertiary/aromatic N) is 2. The van der Waals surface area contributed by atoms with Crippen molar-refractivity contribution in [3.8, 4) is 5.75 Å². The third-order valence-corrected chi connectivity index (χ3v) is 6.05. The molecule has 26 heavy (non-hydrogen) atoms. The van der Waals surface area contributed by atoms with Gasteiger partial charge in [-0.1, -0.05) is 12.1 Å². The molecule has 0 aliphatic carbocycles. The van der Waals surface area contributed by atoms with Gasteiger partial charge in [0.05, 0.1) is 18.6 Å². The molecule has 1 saturated heterocycles. The number of sulfone groups is 1. The summed E-state index contributed by atoms with van der Waals surface area (Å²) in [6.07, 6.45) is 3.86. The first-order valence-corrected chi connectivity index (χ1v) is 10.4. The van der Waals surface area contributed by atoms with Crippen LogP contribution in [-0.2, 0) is 9.84 Å². The van der Waals surface area contributed by atoms with Gasteiger partial charge in [-0.05, 0) is 44.3 Å². The molecule has 1 aromatic rings. The largest absolute Gasteiger partial charge is 0.497 e. The molecule has 8 heteroatoms. The molecule has 0 spiro atoms. The highest BCUT2D eigenvalue weighted by molar-refractivity contribution is 7.91. The highest BCUT2D eigenvalue weighted by Gasteiger charge is 2.34. The van der Waals surface area contributed by atoms with Crippen molar-refractivity contribution in [1.29, 1.82) is 0 Å². The number of urea groups is 1. The van der Waals surface area contributed by atoms with E-state index in [1.165, 1.54) is 0 Å². The minimum Gasteiger partial charge on any atom is -0.497 e. The number of amides is 2. The van der Waals surface area contributed by atoms with Gasteiger partial charge in [0.25, 0.3) is 0 Å². The van der Waals surface area contributed by atoms with Gasteiger partial charge in [-0.15, -0.1) is 0 Å². The predicted molar refractivity (Wildman–Crippen MR) is 103 cm³/mol. The van der Waals surface area contributed by atoms with Crippen molar-refractivity contribution in [2.75, 3.05) is 45.8 Å². The topological polar surface area (TPSA) is 79.0 Å². The van der Waals surface area contributed by atoms with E-state index in [9.17, 15) is 13.2 Å². The van der Waals surface area contributed by atoms with Crippen molar-refractivity contribution in [3.05, 3.63) is 36.0 Å². The van der Waals surface area contributed by atoms with Gasteiger partial charge in [0, 0.05) is 25.3 Å². The fourth-order valence-electron chi connectivity index (χ4n) is 2.79. The van der Waals surface area contributed by atoms with E-state index in [4.69, 9.17) is 4.74 Å². The van der Waals surface area contributed by atoms with Crippen LogP contribution in [0.5, 0.6) is 5.75 Å². The molecule has 1 N–H and O–H groups in total. The van der Waals surface area contributed by atoms with Crippen molar-refractivity contribution < 1.29 is 17.9 Å². The van der Waals surface area contributed by atoms with Crippen LogP contribution in [0.15, 0.2) is 30.5 Å². The number of ether oxygens (including phenoxy) is 1. The SMILES string of the molecule is COc1ccc(/C=C/NC(=O)N(CCN(C)C)C2CCS(=O)(=O)C2)cc1. The lowest BCUT2D eigenvalue weighted by Gasteiger charge is -2.29. The highest BCUT2D eigenvalue weighted by atomic mass is 32.2. The van der Waals surface area contributed by atoms with Crippen molar-refractivity contribution >= 4 is 21.9 Å². The van der Waals surface area contributed by atoms with E-state index in [1.807, 2.05) is 43.3 Å². The number of nitrogens with one attached hydrogen (secondary N) is 1. The number of methoxy groups -OCH3 is 1. The summed E-state index contributed by atoms with van der Waals surface area (Å²) in [6, 6.07) is 6.90. The molecule has 7 nitrogen and oxygen atoms in total. The van der Waals surface area contributed by atoms with E-state index in [-0.39, 0.29) is 23.6 Å². The summed E-state index contributed by atoms with van der Waals surface area (Å²) in [4.78, 5) is 16.2. The first-order valence-electron chi connectivity index (χ1n) is 8.53. The Labute approximate surface area is 155 Å². The molecular formula is C18H27N3O4S. The van der Waals surface area contributed by atoms with Crippen molar-refractivity contribution in [1.82, 2.24) is 15.1 Å². The molecular weight excluding hydrogens is 354 g/mol. The fraction of sp³-hybridized carbons (Fsp3) is 0.500. The van der Waals surface area contributed by atoms with E-state index in [0.717, 1.165) is 11.3 Å². The van der Waals surface area contributed by atoms with Gasteiger partial charge in [0.1, 0.15) is 5.75 Å². The van der Waals surface area contributed by atoms with Crippen LogP contribution in [0.2, 0.25) is 0 Å². The third-order valence-electron chi connectivity index (χ3n) is 4.30. The average molecular weight is 381 g/mol. The maximum Gasteiger partial charge on any atom is 0.321 e. The Morgan fingerprint density at radius 3 is 2.50 bits per heavy atom. The van der Waals surface area contributed by atoms with E-state index in [0.29, 0.717) is 19.5 Å². The molecule has 1 fully saturated rings. The zero-order valence-corrected chi connectivity index (χ0v) is 16.3. The number of carbonyl (C=O) groups excluding carboxylic acids is 1. The van der Waals surface area contributed by atoms with E-state index < -0.39 is 9.84 Å². The van der Waals surface area contributed by atoms with Crippen molar-refractivity contribution in [2.45, 2.75) is 12.5 Å². The van der Waals surface area contributed by atoms with Gasteiger partial charge >= 0.3 is 6.03 Å². The first-order chi connectivity index (χ1) is 12.3. The van der Waals surface area contributed by atoms with E-state index in [2.05, 4.69) is 5.32 Å². The molecule has 0 saturated carbocycles. The molecule has 0 aromatic heterocycles. The average Bonchev–Trinajstić information content (AvgIpc) is 2.95. The number of carbonyl (C=O) groups is 1. The molecule has 1 unspecified atom stereocenters. The van der Waals surface area contributed by atoms with Crippen LogP contribution in [0, 0.1) is 0 Å². The van der Waals surface area contributed by atoms with Crippen LogP contribution in [0.1, 0.15) is 12.0 Å². The van der Waals surface area contributed by atoms with Gasteiger partial charge in [0.2, 0.25) is 0 Å². The van der Waals surface area contributed by atoms with Gasteiger partial charge in [0.15, 0.2) is 9.84 Å². The summed E-state index contributed by atoms with van der Waals surface area (Å²) in [7, 11) is 2.40. The number of benzene rings is 1. The second-order valence-electron chi connectivity index (χ2n) is 6.61. The summed E-state index contributed by atoms with van der Waals surface area (Å²) < 4.78 is 28.6. The second kappa shape index (κ2) is 9.05. The number of rotatable bonds is 7. The van der Waals surface area contributed by atoms with Gasteiger partial charge in [-0.3, -0.25) is 0 Å². The van der Waals surface area contributed by atoms with Crippen molar-refractivity contribution in [2.24, 2.45) is 0 Å². The zero-order valence-electron chi connectivity index (χ0n) is 15.5. The lowest BCUT2D eigenvalue weighted by Crippen LogP contribution is -2.48. The Morgan fingerprint density at radius 2 is 1.96 bits per heavy atom. The second-order valence-corrected chi connectivity index (χ2v) is 8.84. The Kier molecular flexibility index (Phi) is 7.05. The van der Waals surface area contributed by atoms with E-state index >= 15 is 0 Å². The van der Waals surface area contributed by atoms with E-state index in [1.54, 1.807) is 24.3 Å². The maximum absolute atomic E-state index is 12.6. The molecule has 1 aromatic carbocycles. The summed E-state index contributed by atoms with van der Waals surface area (Å²) in [5.41, 5.74) is 0.925.